The highest BCUT2D eigenvalue weighted by molar-refractivity contribution is 7.89. The molecule has 0 spiro atoms. The highest BCUT2D eigenvalue weighted by Gasteiger charge is 2.23. The third kappa shape index (κ3) is 5.30. The molecule has 12 heteroatoms. The molecule has 4 aromatic rings. The van der Waals surface area contributed by atoms with Crippen molar-refractivity contribution in [3.63, 3.8) is 0 Å². The highest BCUT2D eigenvalue weighted by Crippen LogP contribution is 2.41. The van der Waals surface area contributed by atoms with Crippen LogP contribution in [-0.2, 0) is 10.0 Å². The number of fused-ring (bicyclic) bond motifs is 1. The number of aromatic hydroxyl groups is 1. The summed E-state index contributed by atoms with van der Waals surface area (Å²) in [5.41, 5.74) is 0.470. The summed E-state index contributed by atoms with van der Waals surface area (Å²) < 4.78 is 31.3. The lowest BCUT2D eigenvalue weighted by atomic mass is 10.0. The number of hydrogen-bond donors (Lipinski definition) is 2. The van der Waals surface area contributed by atoms with Gasteiger partial charge in [0.2, 0.25) is 10.0 Å². The molecule has 0 unspecified atom stereocenters. The van der Waals surface area contributed by atoms with Crippen molar-refractivity contribution in [2.75, 3.05) is 26.5 Å². The minimum Gasteiger partial charge on any atom is -0.505 e. The zero-order chi connectivity index (χ0) is 27.6. The van der Waals surface area contributed by atoms with Crippen LogP contribution in [0.1, 0.15) is 10.4 Å². The molecule has 2 N–H and O–H groups in total. The van der Waals surface area contributed by atoms with Gasteiger partial charge in [0, 0.05) is 19.5 Å². The van der Waals surface area contributed by atoms with Crippen molar-refractivity contribution >= 4 is 67.0 Å². The summed E-state index contributed by atoms with van der Waals surface area (Å²) in [5, 5.41) is 23.1. The van der Waals surface area contributed by atoms with Crippen LogP contribution in [0.25, 0.3) is 10.8 Å². The van der Waals surface area contributed by atoms with Gasteiger partial charge in [-0.15, -0.1) is 10.2 Å². The maximum absolute atomic E-state index is 13.2. The number of azo groups is 1. The van der Waals surface area contributed by atoms with Gasteiger partial charge in [-0.05, 0) is 35.7 Å². The van der Waals surface area contributed by atoms with Crippen molar-refractivity contribution in [1.29, 1.82) is 0 Å². The second-order valence-corrected chi connectivity index (χ2v) is 11.2. The molecule has 0 saturated carbocycles. The van der Waals surface area contributed by atoms with Gasteiger partial charge in [0.15, 0.2) is 5.75 Å². The third-order valence-corrected chi connectivity index (χ3v) is 8.20. The van der Waals surface area contributed by atoms with Gasteiger partial charge in [0.1, 0.15) is 22.0 Å². The molecule has 4 rings (SSSR count). The number of sulfonamides is 1. The summed E-state index contributed by atoms with van der Waals surface area (Å²) in [7, 11) is 0.385. The van der Waals surface area contributed by atoms with Crippen LogP contribution in [-0.4, -0.2) is 44.9 Å². The van der Waals surface area contributed by atoms with Crippen LogP contribution in [0, 0.1) is 0 Å². The number of carbonyl (C=O) groups is 1. The molecule has 0 bridgehead atoms. The monoisotopic (exact) mass is 572 g/mol. The molecular weight excluding hydrogens is 551 g/mol. The van der Waals surface area contributed by atoms with Gasteiger partial charge in [0.25, 0.3) is 5.91 Å². The lowest BCUT2D eigenvalue weighted by Gasteiger charge is -2.14. The maximum Gasteiger partial charge on any atom is 0.259 e. The number of phenols is 1. The number of halogens is 2. The van der Waals surface area contributed by atoms with E-state index in [2.05, 4.69) is 15.5 Å². The van der Waals surface area contributed by atoms with E-state index in [9.17, 15) is 18.3 Å². The van der Waals surface area contributed by atoms with Crippen LogP contribution >= 0.6 is 23.2 Å². The molecule has 1 amide bonds. The number of ether oxygens (including phenoxy) is 1. The van der Waals surface area contributed by atoms with E-state index in [-0.39, 0.29) is 31.9 Å². The van der Waals surface area contributed by atoms with E-state index in [1.54, 1.807) is 54.6 Å². The molecule has 0 saturated heterocycles. The first-order valence-electron chi connectivity index (χ1n) is 11.1. The van der Waals surface area contributed by atoms with Crippen LogP contribution in [0.15, 0.2) is 81.9 Å². The molecule has 0 fully saturated rings. The summed E-state index contributed by atoms with van der Waals surface area (Å²) in [6, 6.07) is 17.9. The standard InChI is InChI=1S/C26H22Cl2N4O5S/c1-32(2)38(35,36)23-14-18(27)21(13-19(23)28)30-31-24-16-9-5-4-8-15(16)12-17(25(24)33)26(34)29-20-10-6-7-11-22(20)37-3/h4-14,33H,1-3H3,(H,29,34). The number of para-hydroxylation sites is 2. The Morgan fingerprint density at radius 1 is 0.974 bits per heavy atom. The van der Waals surface area contributed by atoms with Crippen LogP contribution in [0.3, 0.4) is 0 Å². The first kappa shape index (κ1) is 27.3. The van der Waals surface area contributed by atoms with Crippen LogP contribution in [0.5, 0.6) is 11.5 Å². The average molecular weight is 573 g/mol. The van der Waals surface area contributed by atoms with Gasteiger partial charge < -0.3 is 15.2 Å². The number of benzene rings is 4. The Kier molecular flexibility index (Phi) is 7.89. The fraction of sp³-hybridized carbons (Fsp3) is 0.115. The first-order chi connectivity index (χ1) is 18.0. The summed E-state index contributed by atoms with van der Waals surface area (Å²) in [5.74, 6) is -0.547. The van der Waals surface area contributed by atoms with Gasteiger partial charge in [-0.1, -0.05) is 59.6 Å². The fourth-order valence-corrected chi connectivity index (χ4v) is 5.30. The number of phenolic OH excluding ortho intramolecular Hbond substituents is 1. The molecular formula is C26H22Cl2N4O5S. The molecule has 9 nitrogen and oxygen atoms in total. The van der Waals surface area contributed by atoms with Crippen molar-refractivity contribution < 1.29 is 23.1 Å². The number of carbonyl (C=O) groups excluding carboxylic acids is 1. The first-order valence-corrected chi connectivity index (χ1v) is 13.3. The number of amides is 1. The quantitative estimate of drug-likeness (QED) is 0.236. The second-order valence-electron chi connectivity index (χ2n) is 8.22. The van der Waals surface area contributed by atoms with Crippen LogP contribution < -0.4 is 10.1 Å². The molecule has 196 valence electrons. The second kappa shape index (κ2) is 11.0. The van der Waals surface area contributed by atoms with E-state index in [4.69, 9.17) is 27.9 Å². The van der Waals surface area contributed by atoms with Gasteiger partial charge in [-0.2, -0.15) is 0 Å². The topological polar surface area (TPSA) is 121 Å². The molecule has 0 aliphatic heterocycles. The van der Waals surface area contributed by atoms with Crippen molar-refractivity contribution in [2.45, 2.75) is 4.90 Å². The van der Waals surface area contributed by atoms with Crippen molar-refractivity contribution in [1.82, 2.24) is 4.31 Å². The minimum absolute atomic E-state index is 0.0189. The number of nitrogens with zero attached hydrogens (tertiary/aromatic N) is 3. The predicted molar refractivity (Wildman–Crippen MR) is 148 cm³/mol. The normalized spacial score (nSPS) is 11.8. The van der Waals surface area contributed by atoms with E-state index in [1.807, 2.05) is 0 Å². The Morgan fingerprint density at radius 2 is 1.66 bits per heavy atom. The van der Waals surface area contributed by atoms with Crippen LogP contribution in [0.2, 0.25) is 10.0 Å². The number of hydrogen-bond acceptors (Lipinski definition) is 7. The zero-order valence-corrected chi connectivity index (χ0v) is 22.8. The Hall–Kier alpha value is -3.70. The summed E-state index contributed by atoms with van der Waals surface area (Å²) in [6.07, 6.45) is 0. The SMILES string of the molecule is COc1ccccc1NC(=O)c1cc2ccccc2c(N=Nc2cc(Cl)c(S(=O)(=O)N(C)C)cc2Cl)c1O. The van der Waals surface area contributed by atoms with Gasteiger partial charge in [-0.3, -0.25) is 4.79 Å². The van der Waals surface area contributed by atoms with E-state index in [1.165, 1.54) is 33.3 Å². The molecule has 4 aromatic carbocycles. The van der Waals surface area contributed by atoms with Crippen LogP contribution in [0.4, 0.5) is 17.1 Å². The van der Waals surface area contributed by atoms with Crippen molar-refractivity contribution in [3.05, 3.63) is 82.3 Å². The maximum atomic E-state index is 13.2. The van der Waals surface area contributed by atoms with Crippen molar-refractivity contribution in [3.8, 4) is 11.5 Å². The number of nitrogens with one attached hydrogen (secondary N) is 1. The minimum atomic E-state index is -3.84. The number of rotatable bonds is 7. The molecule has 0 aromatic heterocycles. The van der Waals surface area contributed by atoms with E-state index < -0.39 is 21.7 Å². The molecule has 0 aliphatic rings. The molecule has 38 heavy (non-hydrogen) atoms. The molecule has 0 radical (unpaired) electrons. The fourth-order valence-electron chi connectivity index (χ4n) is 3.62. The number of anilines is 1. The molecule has 0 heterocycles. The summed E-state index contributed by atoms with van der Waals surface area (Å²) in [6.45, 7) is 0. The predicted octanol–water partition coefficient (Wildman–Crippen LogP) is 6.78. The lowest BCUT2D eigenvalue weighted by Crippen LogP contribution is -2.22. The lowest BCUT2D eigenvalue weighted by molar-refractivity contribution is 0.102. The molecule has 0 aliphatic carbocycles. The van der Waals surface area contributed by atoms with E-state index in [0.29, 0.717) is 22.2 Å². The van der Waals surface area contributed by atoms with Gasteiger partial charge >= 0.3 is 0 Å². The third-order valence-electron chi connectivity index (χ3n) is 5.61. The Morgan fingerprint density at radius 3 is 2.37 bits per heavy atom. The molecule has 0 atom stereocenters. The van der Waals surface area contributed by atoms with Gasteiger partial charge in [-0.25, -0.2) is 12.7 Å². The Bertz CT molecular complexity index is 1690. The Balaban J connectivity index is 1.78. The zero-order valence-electron chi connectivity index (χ0n) is 20.4. The summed E-state index contributed by atoms with van der Waals surface area (Å²) in [4.78, 5) is 13.0. The van der Waals surface area contributed by atoms with Gasteiger partial charge in [0.05, 0.1) is 28.4 Å². The van der Waals surface area contributed by atoms with E-state index >= 15 is 0 Å². The Labute approximate surface area is 229 Å². The smallest absolute Gasteiger partial charge is 0.259 e. The summed E-state index contributed by atoms with van der Waals surface area (Å²) >= 11 is 12.5. The highest BCUT2D eigenvalue weighted by atomic mass is 35.5. The van der Waals surface area contributed by atoms with E-state index in [0.717, 1.165) is 4.31 Å². The average Bonchev–Trinajstić information content (AvgIpc) is 2.89. The van der Waals surface area contributed by atoms with Crippen molar-refractivity contribution in [2.24, 2.45) is 10.2 Å². The largest absolute Gasteiger partial charge is 0.505 e. The number of methoxy groups -OCH3 is 1.